The van der Waals surface area contributed by atoms with Crippen molar-refractivity contribution in [1.82, 2.24) is 35.2 Å². The van der Waals surface area contributed by atoms with Crippen LogP contribution in [0.4, 0.5) is 0 Å². The van der Waals surface area contributed by atoms with E-state index < -0.39 is 45.5 Å². The zero-order valence-electron chi connectivity index (χ0n) is 33.2. The van der Waals surface area contributed by atoms with Gasteiger partial charge in [0.15, 0.2) is 0 Å². The third-order valence-corrected chi connectivity index (χ3v) is 7.57. The normalized spacial score (nSPS) is 10.2. The first-order chi connectivity index (χ1) is 30.0. The van der Waals surface area contributed by atoms with Crippen molar-refractivity contribution >= 4 is 77.4 Å². The van der Waals surface area contributed by atoms with E-state index in [1.807, 2.05) is 36.4 Å². The average molecular weight is 1030 g/mol. The third kappa shape index (κ3) is 21.2. The summed E-state index contributed by atoms with van der Waals surface area (Å²) >= 11 is 0. The van der Waals surface area contributed by atoms with E-state index in [2.05, 4.69) is 108 Å². The van der Waals surface area contributed by atoms with E-state index in [0.717, 1.165) is 72.5 Å². The molecule has 3 aromatic carbocycles. The van der Waals surface area contributed by atoms with Crippen molar-refractivity contribution in [2.24, 2.45) is 0 Å². The molecule has 0 aliphatic carbocycles. The molecule has 9 aromatic rings. The molecule has 65 heavy (non-hydrogen) atoms. The van der Waals surface area contributed by atoms with E-state index in [1.165, 1.54) is 0 Å². The number of benzene rings is 3. The summed E-state index contributed by atoms with van der Waals surface area (Å²) in [4.78, 5) is 45.3. The summed E-state index contributed by atoms with van der Waals surface area (Å²) < 4.78 is 67.9. The first kappa shape index (κ1) is 57.3. The molecule has 2 radical (unpaired) electrons. The van der Waals surface area contributed by atoms with Crippen LogP contribution in [0.3, 0.4) is 0 Å². The van der Waals surface area contributed by atoms with Crippen LogP contribution in [0.1, 0.15) is 0 Å². The zero-order valence-corrected chi connectivity index (χ0v) is 36.6. The molecule has 346 valence electrons. The van der Waals surface area contributed by atoms with Crippen molar-refractivity contribution in [2.45, 2.75) is 0 Å². The van der Waals surface area contributed by atoms with Crippen LogP contribution in [0.2, 0.25) is 0 Å². The van der Waals surface area contributed by atoms with Crippen molar-refractivity contribution < 1.29 is 117 Å². The first-order valence-corrected chi connectivity index (χ1v) is 20.0. The first-order valence-electron chi connectivity index (χ1n) is 17.5. The van der Waals surface area contributed by atoms with Gasteiger partial charge in [-0.05, 0) is 36.4 Å². The molecule has 2 N–H and O–H groups in total. The Morgan fingerprint density at radius 2 is 0.554 bits per heavy atom. The van der Waals surface area contributed by atoms with Crippen LogP contribution in [0.25, 0.3) is 65.4 Å². The van der Waals surface area contributed by atoms with Gasteiger partial charge in [-0.3, -0.25) is 29.9 Å². The molecule has 0 spiro atoms. The van der Waals surface area contributed by atoms with E-state index in [9.17, 15) is 19.8 Å². The molecule has 0 amide bonds. The number of aromatic nitrogens is 6. The molecule has 0 atom stereocenters. The maximum atomic E-state index is 9.59. The number of fused-ring (bicyclic) bond motifs is 9. The molecule has 0 bridgehead atoms. The van der Waals surface area contributed by atoms with Gasteiger partial charge >= 0.3 is 34.1 Å². The average Bonchev–Trinajstić information content (AvgIpc) is 3.26. The summed E-state index contributed by atoms with van der Waals surface area (Å²) in [6.07, 6.45) is 10.8. The van der Waals surface area contributed by atoms with E-state index in [-0.39, 0.29) is 34.1 Å². The predicted octanol–water partition coefficient (Wildman–Crippen LogP) is -5.48. The minimum Gasteiger partial charge on any atom is -0.549 e. The molecule has 6 heterocycles. The number of pyridine rings is 6. The summed E-state index contributed by atoms with van der Waals surface area (Å²) in [6, 6.07) is 36.4. The Morgan fingerprint density at radius 1 is 0.400 bits per heavy atom. The Balaban J connectivity index is 0.000000401. The second kappa shape index (κ2) is 28.9. The van der Waals surface area contributed by atoms with E-state index in [0.29, 0.717) is 0 Å². The predicted molar refractivity (Wildman–Crippen MR) is 202 cm³/mol. The van der Waals surface area contributed by atoms with Gasteiger partial charge in [0, 0.05) is 89.7 Å². The van der Waals surface area contributed by atoms with Crippen LogP contribution < -0.4 is 52.8 Å². The summed E-state index contributed by atoms with van der Waals surface area (Å²) in [5, 5.41) is 35.1. The van der Waals surface area contributed by atoms with Gasteiger partial charge in [-0.1, -0.05) is 72.8 Å². The number of aliphatic hydroxyl groups is 1. The summed E-state index contributed by atoms with van der Waals surface area (Å²) in [7, 11) is -8.89. The molecule has 0 aliphatic heterocycles. The minimum absolute atomic E-state index is 0. The van der Waals surface area contributed by atoms with Gasteiger partial charge in [0.2, 0.25) is 0 Å². The fourth-order valence-electron chi connectivity index (χ4n) is 5.31. The second-order valence-corrected chi connectivity index (χ2v) is 13.3. The number of halogens is 2. The number of aliphatic hydroxyl groups excluding tert-OH is 1. The van der Waals surface area contributed by atoms with Gasteiger partial charge in [-0.2, -0.15) is 0 Å². The van der Waals surface area contributed by atoms with Crippen LogP contribution in [0.15, 0.2) is 146 Å². The third-order valence-electron chi connectivity index (χ3n) is 7.57. The summed E-state index contributed by atoms with van der Waals surface area (Å²) in [5.74, 6) is -2.67. The number of nitrogens with zero attached hydrogens (tertiary/aromatic N) is 6. The fraction of sp³-hybridized carbons (Fsp3) is 0.0732. The number of carbonyl (C=O) groups excluding carboxylic acids is 2. The van der Waals surface area contributed by atoms with Crippen molar-refractivity contribution in [2.75, 3.05) is 20.2 Å². The molecular weight excluding hydrogens is 996 g/mol. The maximum absolute atomic E-state index is 9.59. The number of carbonyl (C=O) groups is 2. The topological polar surface area (TPSA) is 374 Å². The standard InChI is InChI=1S/3C12H8N2.C4H7NO4.CH4O.2ClHO4.2Cu/c3*1-3-9-5-6-10-4-2-8-14-12(10)11(9)13-7-1;6-3(7)1-5-2-4(8)9;1-2;2*2-1(3,4)5;;/h3*1-8H;5H,1-2H2,(H,6,7)(H,8,9);2H,1H3;2*(H,2,3,4,5);;/q;;;;;;;2*+2/p-4. The Bertz CT molecular complexity index is 2400. The Hall–Kier alpha value is -5.72. The monoisotopic (exact) mass is 1030 g/mol. The van der Waals surface area contributed by atoms with Crippen molar-refractivity contribution in [3.8, 4) is 0 Å². The second-order valence-electron chi connectivity index (χ2n) is 11.8. The Kier molecular flexibility index (Phi) is 25.5. The van der Waals surface area contributed by atoms with Gasteiger partial charge in [0.25, 0.3) is 0 Å². The van der Waals surface area contributed by atoms with Crippen LogP contribution in [0.5, 0.6) is 0 Å². The fourth-order valence-corrected chi connectivity index (χ4v) is 5.31. The van der Waals surface area contributed by atoms with Crippen molar-refractivity contribution in [1.29, 1.82) is 0 Å². The van der Waals surface area contributed by atoms with Gasteiger partial charge in [-0.15, -0.1) is 20.5 Å². The van der Waals surface area contributed by atoms with Gasteiger partial charge in [0.1, 0.15) is 0 Å². The molecule has 0 aliphatic rings. The molecule has 0 saturated carbocycles. The number of rotatable bonds is 4. The number of carboxylic acids is 2. The molecule has 0 fully saturated rings. The van der Waals surface area contributed by atoms with Gasteiger partial charge in [0.05, 0.1) is 45.0 Å². The maximum Gasteiger partial charge on any atom is 2.00 e. The van der Waals surface area contributed by atoms with Crippen molar-refractivity contribution in [3.05, 3.63) is 146 Å². The van der Waals surface area contributed by atoms with Gasteiger partial charge in [-0.25, -0.2) is 37.3 Å². The van der Waals surface area contributed by atoms with Crippen LogP contribution in [-0.2, 0) is 43.7 Å². The van der Waals surface area contributed by atoms with Crippen LogP contribution in [-0.4, -0.2) is 67.1 Å². The van der Waals surface area contributed by atoms with E-state index in [1.54, 1.807) is 37.2 Å². The number of hydrogen-bond donors (Lipinski definition) is 2. The zero-order chi connectivity index (χ0) is 46.4. The van der Waals surface area contributed by atoms with Gasteiger partial charge < -0.3 is 30.2 Å². The molecule has 9 rings (SSSR count). The SMILES string of the molecule is CO.O=C([O-])CNCC(=O)[O-].[Cu+2].[Cu+2].[O-][Cl+3]([O-])([O-])[O-].[O-][Cl+3]([O-])([O-])[O-].c1cnc2c(c1)ccc1cccnc12.c1cnc2c(c1)ccc1cccnc12.c1cnc2c(c1)ccc1cccnc12. The Labute approximate surface area is 394 Å². The Morgan fingerprint density at radius 3 is 0.692 bits per heavy atom. The summed E-state index contributed by atoms with van der Waals surface area (Å²) in [6.45, 7) is -0.929. The van der Waals surface area contributed by atoms with Crippen LogP contribution >= 0.6 is 0 Å². The van der Waals surface area contributed by atoms with E-state index >= 15 is 0 Å². The smallest absolute Gasteiger partial charge is 0.549 e. The molecule has 0 saturated heterocycles. The molecule has 24 heteroatoms. The van der Waals surface area contributed by atoms with Crippen molar-refractivity contribution in [3.63, 3.8) is 0 Å². The summed E-state index contributed by atoms with van der Waals surface area (Å²) in [5.41, 5.74) is 5.86. The molecular formula is C41H33Cl2Cu2N7O13. The van der Waals surface area contributed by atoms with E-state index in [4.69, 9.17) is 42.4 Å². The minimum atomic E-state index is -4.94. The number of carboxylic acid groups (broad SMARTS) is 2. The number of nitrogens with one attached hydrogen (secondary N) is 1. The number of aliphatic carboxylic acids is 2. The molecule has 20 nitrogen and oxygen atoms in total. The number of hydrogen-bond acceptors (Lipinski definition) is 20. The quantitative estimate of drug-likeness (QED) is 0.123. The largest absolute Gasteiger partial charge is 2.00 e. The molecule has 0 unspecified atom stereocenters. The van der Waals surface area contributed by atoms with Crippen LogP contribution in [0, 0.1) is 20.5 Å². The molecule has 6 aromatic heterocycles.